The molecule has 0 saturated carbocycles. The standard InChI is InChI=1S/C14H21N3O2.ClH/c1-15-12-4-3-9-17(10-12)14(18)16-11-5-7-13(19-2)8-6-11;/h5-8,12,15H,3-4,9-10H2,1-2H3,(H,16,18);1H/t12-;/m1./s1. The number of anilines is 1. The van der Waals surface area contributed by atoms with E-state index in [1.807, 2.05) is 36.2 Å². The highest BCUT2D eigenvalue weighted by molar-refractivity contribution is 5.89. The van der Waals surface area contributed by atoms with E-state index < -0.39 is 0 Å². The molecule has 1 aliphatic rings. The Hall–Kier alpha value is -1.46. The Morgan fingerprint density at radius 3 is 2.65 bits per heavy atom. The predicted octanol–water partition coefficient (Wildman–Crippen LogP) is 2.33. The fraction of sp³-hybridized carbons (Fsp3) is 0.500. The molecular weight excluding hydrogens is 278 g/mol. The van der Waals surface area contributed by atoms with Crippen LogP contribution in [-0.2, 0) is 0 Å². The minimum Gasteiger partial charge on any atom is -0.497 e. The van der Waals surface area contributed by atoms with Crippen LogP contribution in [0.5, 0.6) is 5.75 Å². The zero-order chi connectivity index (χ0) is 13.7. The maximum Gasteiger partial charge on any atom is 0.321 e. The highest BCUT2D eigenvalue weighted by Gasteiger charge is 2.22. The van der Waals surface area contributed by atoms with Crippen LogP contribution in [0, 0.1) is 0 Å². The second-order valence-electron chi connectivity index (χ2n) is 4.73. The number of nitrogens with zero attached hydrogens (tertiary/aromatic N) is 1. The molecule has 1 aromatic rings. The quantitative estimate of drug-likeness (QED) is 0.901. The monoisotopic (exact) mass is 299 g/mol. The Bertz CT molecular complexity index is 425. The van der Waals surface area contributed by atoms with Crippen LogP contribution in [0.2, 0.25) is 0 Å². The first-order chi connectivity index (χ1) is 9.22. The van der Waals surface area contributed by atoms with Crippen molar-refractivity contribution in [2.75, 3.05) is 32.6 Å². The largest absolute Gasteiger partial charge is 0.497 e. The van der Waals surface area contributed by atoms with E-state index in [4.69, 9.17) is 4.74 Å². The summed E-state index contributed by atoms with van der Waals surface area (Å²) in [5.41, 5.74) is 0.789. The van der Waals surface area contributed by atoms with Gasteiger partial charge in [0.05, 0.1) is 7.11 Å². The van der Waals surface area contributed by atoms with E-state index in [0.29, 0.717) is 6.04 Å². The molecule has 0 unspecified atom stereocenters. The third-order valence-corrected chi connectivity index (χ3v) is 3.46. The third kappa shape index (κ3) is 4.28. The van der Waals surface area contributed by atoms with Crippen molar-refractivity contribution in [2.45, 2.75) is 18.9 Å². The van der Waals surface area contributed by atoms with Crippen molar-refractivity contribution in [1.29, 1.82) is 0 Å². The molecule has 0 aromatic heterocycles. The van der Waals surface area contributed by atoms with Gasteiger partial charge >= 0.3 is 6.03 Å². The van der Waals surface area contributed by atoms with Crippen LogP contribution in [0.25, 0.3) is 0 Å². The van der Waals surface area contributed by atoms with Crippen molar-refractivity contribution in [2.24, 2.45) is 0 Å². The van der Waals surface area contributed by atoms with Crippen molar-refractivity contribution < 1.29 is 9.53 Å². The Morgan fingerprint density at radius 2 is 2.05 bits per heavy atom. The van der Waals surface area contributed by atoms with Crippen LogP contribution in [-0.4, -0.2) is 44.2 Å². The molecule has 0 bridgehead atoms. The van der Waals surface area contributed by atoms with Gasteiger partial charge in [0.15, 0.2) is 0 Å². The summed E-state index contributed by atoms with van der Waals surface area (Å²) in [6.45, 7) is 1.58. The lowest BCUT2D eigenvalue weighted by Crippen LogP contribution is -2.48. The molecule has 2 rings (SSSR count). The summed E-state index contributed by atoms with van der Waals surface area (Å²) in [7, 11) is 3.56. The van der Waals surface area contributed by atoms with E-state index in [0.717, 1.165) is 37.4 Å². The molecule has 1 fully saturated rings. The molecule has 1 aliphatic heterocycles. The maximum absolute atomic E-state index is 12.1. The van der Waals surface area contributed by atoms with Gasteiger partial charge in [-0.3, -0.25) is 0 Å². The van der Waals surface area contributed by atoms with Gasteiger partial charge in [-0.15, -0.1) is 12.4 Å². The number of rotatable bonds is 3. The van der Waals surface area contributed by atoms with Crippen molar-refractivity contribution >= 4 is 24.1 Å². The van der Waals surface area contributed by atoms with E-state index in [2.05, 4.69) is 10.6 Å². The predicted molar refractivity (Wildman–Crippen MR) is 82.9 cm³/mol. The molecule has 1 atom stereocenters. The molecule has 1 saturated heterocycles. The van der Waals surface area contributed by atoms with Crippen LogP contribution >= 0.6 is 12.4 Å². The highest BCUT2D eigenvalue weighted by atomic mass is 35.5. The van der Waals surface area contributed by atoms with Crippen molar-refractivity contribution in [3.8, 4) is 5.75 Å². The van der Waals surface area contributed by atoms with Crippen LogP contribution in [0.1, 0.15) is 12.8 Å². The van der Waals surface area contributed by atoms with E-state index in [9.17, 15) is 4.79 Å². The summed E-state index contributed by atoms with van der Waals surface area (Å²) in [6, 6.07) is 7.72. The Labute approximate surface area is 126 Å². The first-order valence-electron chi connectivity index (χ1n) is 6.60. The fourth-order valence-corrected chi connectivity index (χ4v) is 2.27. The topological polar surface area (TPSA) is 53.6 Å². The minimum atomic E-state index is -0.0369. The number of carbonyl (C=O) groups excluding carboxylic acids is 1. The highest BCUT2D eigenvalue weighted by Crippen LogP contribution is 2.16. The molecule has 2 amide bonds. The van der Waals surface area contributed by atoms with Gasteiger partial charge in [-0.25, -0.2) is 4.79 Å². The number of nitrogens with one attached hydrogen (secondary N) is 2. The molecular formula is C14H22ClN3O2. The smallest absolute Gasteiger partial charge is 0.321 e. The molecule has 0 spiro atoms. The van der Waals surface area contributed by atoms with Crippen LogP contribution < -0.4 is 15.4 Å². The lowest BCUT2D eigenvalue weighted by Gasteiger charge is -2.32. The number of piperidine rings is 1. The summed E-state index contributed by atoms with van der Waals surface area (Å²) in [5, 5.41) is 6.14. The van der Waals surface area contributed by atoms with E-state index in [1.165, 1.54) is 0 Å². The number of halogens is 1. The maximum atomic E-state index is 12.1. The average Bonchev–Trinajstić information content (AvgIpc) is 2.48. The normalized spacial score (nSPS) is 18.1. The van der Waals surface area contributed by atoms with Crippen molar-refractivity contribution in [3.05, 3.63) is 24.3 Å². The molecule has 20 heavy (non-hydrogen) atoms. The number of amides is 2. The lowest BCUT2D eigenvalue weighted by atomic mass is 10.1. The SMILES string of the molecule is CN[C@@H]1CCCN(C(=O)Nc2ccc(OC)cc2)C1.Cl. The van der Waals surface area contributed by atoms with Gasteiger partial charge < -0.3 is 20.3 Å². The number of urea groups is 1. The zero-order valence-electron chi connectivity index (χ0n) is 11.9. The zero-order valence-corrected chi connectivity index (χ0v) is 12.7. The second-order valence-corrected chi connectivity index (χ2v) is 4.73. The summed E-state index contributed by atoms with van der Waals surface area (Å²) in [6.07, 6.45) is 2.17. The minimum absolute atomic E-state index is 0. The number of hydrogen-bond donors (Lipinski definition) is 2. The molecule has 112 valence electrons. The summed E-state index contributed by atoms with van der Waals surface area (Å²) in [5.74, 6) is 0.784. The average molecular weight is 300 g/mol. The first-order valence-corrected chi connectivity index (χ1v) is 6.60. The third-order valence-electron chi connectivity index (χ3n) is 3.46. The summed E-state index contributed by atoms with van der Waals surface area (Å²) in [4.78, 5) is 14.0. The van der Waals surface area contributed by atoms with Gasteiger partial charge in [-0.2, -0.15) is 0 Å². The fourth-order valence-electron chi connectivity index (χ4n) is 2.27. The van der Waals surface area contributed by atoms with Crippen LogP contribution in [0.4, 0.5) is 10.5 Å². The van der Waals surface area contributed by atoms with Crippen molar-refractivity contribution in [1.82, 2.24) is 10.2 Å². The number of carbonyl (C=O) groups is 1. The number of likely N-dealkylation sites (tertiary alicyclic amines) is 1. The van der Waals surface area contributed by atoms with E-state index >= 15 is 0 Å². The summed E-state index contributed by atoms with van der Waals surface area (Å²) < 4.78 is 5.09. The molecule has 6 heteroatoms. The van der Waals surface area contributed by atoms with E-state index in [1.54, 1.807) is 7.11 Å². The van der Waals surface area contributed by atoms with Crippen LogP contribution in [0.3, 0.4) is 0 Å². The number of likely N-dealkylation sites (N-methyl/N-ethyl adjacent to an activating group) is 1. The number of benzene rings is 1. The molecule has 1 heterocycles. The Morgan fingerprint density at radius 1 is 1.35 bits per heavy atom. The summed E-state index contributed by atoms with van der Waals surface area (Å²) >= 11 is 0. The van der Waals surface area contributed by atoms with Crippen molar-refractivity contribution in [3.63, 3.8) is 0 Å². The molecule has 0 aliphatic carbocycles. The van der Waals surface area contributed by atoms with Gasteiger partial charge in [0.25, 0.3) is 0 Å². The Balaban J connectivity index is 0.00000200. The lowest BCUT2D eigenvalue weighted by molar-refractivity contribution is 0.187. The van der Waals surface area contributed by atoms with Gasteiger partial charge in [-0.05, 0) is 44.2 Å². The van der Waals surface area contributed by atoms with Crippen LogP contribution in [0.15, 0.2) is 24.3 Å². The first kappa shape index (κ1) is 16.6. The molecule has 2 N–H and O–H groups in total. The second kappa shape index (κ2) is 7.97. The van der Waals surface area contributed by atoms with E-state index in [-0.39, 0.29) is 18.4 Å². The number of methoxy groups -OCH3 is 1. The Kier molecular flexibility index (Phi) is 6.61. The van der Waals surface area contributed by atoms with Gasteiger partial charge in [0, 0.05) is 24.8 Å². The number of hydrogen-bond acceptors (Lipinski definition) is 3. The molecule has 1 aromatic carbocycles. The molecule has 0 radical (unpaired) electrons. The molecule has 5 nitrogen and oxygen atoms in total. The number of ether oxygens (including phenoxy) is 1. The van der Waals surface area contributed by atoms with Gasteiger partial charge in [0.1, 0.15) is 5.75 Å². The van der Waals surface area contributed by atoms with Gasteiger partial charge in [0.2, 0.25) is 0 Å². The van der Waals surface area contributed by atoms with Gasteiger partial charge in [-0.1, -0.05) is 0 Å².